The third kappa shape index (κ3) is 1.83. The van der Waals surface area contributed by atoms with Crippen LogP contribution >= 0.6 is 15.9 Å². The average Bonchev–Trinajstić information content (AvgIpc) is 2.23. The zero-order chi connectivity index (χ0) is 11.7. The maximum Gasteiger partial charge on any atom is 0.320 e. The minimum absolute atomic E-state index is 0.0410. The van der Waals surface area contributed by atoms with Crippen LogP contribution in [0.25, 0.3) is 5.69 Å². The van der Waals surface area contributed by atoms with Crippen molar-refractivity contribution >= 4 is 15.9 Å². The second-order valence-electron chi connectivity index (χ2n) is 3.06. The smallest absolute Gasteiger partial charge is 0.320 e. The summed E-state index contributed by atoms with van der Waals surface area (Å²) in [6, 6.07) is 4.23. The lowest BCUT2D eigenvalue weighted by atomic mass is 10.3. The predicted molar refractivity (Wildman–Crippen MR) is 60.3 cm³/mol. The van der Waals surface area contributed by atoms with E-state index < -0.39 is 16.9 Å². The Labute approximate surface area is 97.5 Å². The van der Waals surface area contributed by atoms with Crippen LogP contribution in [0, 0.1) is 5.82 Å². The number of nitrogens with one attached hydrogen (secondary N) is 1. The molecule has 6 heteroatoms. The molecule has 0 aliphatic rings. The highest BCUT2D eigenvalue weighted by molar-refractivity contribution is 9.10. The van der Waals surface area contributed by atoms with E-state index in [1.54, 1.807) is 6.07 Å². The Morgan fingerprint density at radius 2 is 2.06 bits per heavy atom. The van der Waals surface area contributed by atoms with Crippen molar-refractivity contribution in [3.8, 4) is 5.69 Å². The first-order valence-electron chi connectivity index (χ1n) is 4.35. The first kappa shape index (κ1) is 10.8. The molecule has 2 aromatic rings. The topological polar surface area (TPSA) is 54.9 Å². The van der Waals surface area contributed by atoms with Crippen LogP contribution < -0.4 is 11.1 Å². The Balaban J connectivity index is 2.73. The number of H-pyrrole nitrogens is 1. The van der Waals surface area contributed by atoms with Crippen LogP contribution in [0.4, 0.5) is 4.39 Å². The molecule has 0 amide bonds. The van der Waals surface area contributed by atoms with Crippen LogP contribution in [0.2, 0.25) is 0 Å². The zero-order valence-electron chi connectivity index (χ0n) is 7.91. The van der Waals surface area contributed by atoms with Crippen molar-refractivity contribution in [2.75, 3.05) is 0 Å². The summed E-state index contributed by atoms with van der Waals surface area (Å²) >= 11 is 3.11. The third-order valence-corrected chi connectivity index (χ3v) is 2.51. The van der Waals surface area contributed by atoms with Gasteiger partial charge >= 0.3 is 11.1 Å². The van der Waals surface area contributed by atoms with Gasteiger partial charge in [-0.05, 0) is 18.2 Å². The predicted octanol–water partition coefficient (Wildman–Crippen LogP) is 1.43. The van der Waals surface area contributed by atoms with Gasteiger partial charge in [0, 0.05) is 16.9 Å². The maximum absolute atomic E-state index is 13.5. The number of benzene rings is 1. The second kappa shape index (κ2) is 4.05. The lowest BCUT2D eigenvalue weighted by molar-refractivity contribution is 0.614. The van der Waals surface area contributed by atoms with Gasteiger partial charge in [0.2, 0.25) is 0 Å². The number of rotatable bonds is 1. The molecular formula is C10H6BrFN2O2. The molecule has 4 nitrogen and oxygen atoms in total. The SMILES string of the molecule is O=c1[nH]ccn(-c2ccc(Br)cc2F)c1=O. The van der Waals surface area contributed by atoms with E-state index in [9.17, 15) is 14.0 Å². The molecule has 0 fully saturated rings. The highest BCUT2D eigenvalue weighted by atomic mass is 79.9. The minimum Gasteiger partial charge on any atom is -0.323 e. The molecule has 0 saturated carbocycles. The molecule has 1 N–H and O–H groups in total. The van der Waals surface area contributed by atoms with Crippen LogP contribution in [-0.2, 0) is 0 Å². The molecule has 2 rings (SSSR count). The normalized spacial score (nSPS) is 10.4. The summed E-state index contributed by atoms with van der Waals surface area (Å²) in [6.07, 6.45) is 2.58. The molecule has 82 valence electrons. The highest BCUT2D eigenvalue weighted by Gasteiger charge is 2.07. The van der Waals surface area contributed by atoms with E-state index in [2.05, 4.69) is 20.9 Å². The van der Waals surface area contributed by atoms with Crippen molar-refractivity contribution in [2.24, 2.45) is 0 Å². The van der Waals surface area contributed by atoms with E-state index in [0.717, 1.165) is 4.57 Å². The van der Waals surface area contributed by atoms with Crippen LogP contribution in [-0.4, -0.2) is 9.55 Å². The van der Waals surface area contributed by atoms with Gasteiger partial charge in [0.05, 0.1) is 5.69 Å². The Morgan fingerprint density at radius 3 is 2.75 bits per heavy atom. The maximum atomic E-state index is 13.5. The monoisotopic (exact) mass is 284 g/mol. The number of aromatic nitrogens is 2. The van der Waals surface area contributed by atoms with Crippen LogP contribution in [0.5, 0.6) is 0 Å². The third-order valence-electron chi connectivity index (χ3n) is 2.02. The lowest BCUT2D eigenvalue weighted by Crippen LogP contribution is -2.34. The van der Waals surface area contributed by atoms with Gasteiger partial charge in [-0.15, -0.1) is 0 Å². The van der Waals surface area contributed by atoms with Crippen molar-refractivity contribution in [2.45, 2.75) is 0 Å². The van der Waals surface area contributed by atoms with Crippen LogP contribution in [0.1, 0.15) is 0 Å². The average molecular weight is 285 g/mol. The number of hydrogen-bond donors (Lipinski definition) is 1. The van der Waals surface area contributed by atoms with Crippen LogP contribution in [0.15, 0.2) is 44.7 Å². The van der Waals surface area contributed by atoms with Gasteiger partial charge in [-0.2, -0.15) is 0 Å². The van der Waals surface area contributed by atoms with E-state index in [1.165, 1.54) is 24.5 Å². The van der Waals surface area contributed by atoms with Crippen molar-refractivity contribution in [3.63, 3.8) is 0 Å². The number of aromatic amines is 1. The lowest BCUT2D eigenvalue weighted by Gasteiger charge is -2.05. The Hall–Kier alpha value is -1.69. The summed E-state index contributed by atoms with van der Waals surface area (Å²) in [4.78, 5) is 24.7. The molecule has 0 spiro atoms. The Kier molecular flexibility index (Phi) is 2.74. The molecule has 16 heavy (non-hydrogen) atoms. The standard InChI is InChI=1S/C10H6BrFN2O2/c11-6-1-2-8(7(12)5-6)14-4-3-13-9(15)10(14)16/h1-5H,(H,13,15). The van der Waals surface area contributed by atoms with Gasteiger partial charge < -0.3 is 4.98 Å². The number of halogens is 2. The summed E-state index contributed by atoms with van der Waals surface area (Å²) < 4.78 is 15.1. The van der Waals surface area contributed by atoms with Gasteiger partial charge in [0.25, 0.3) is 0 Å². The molecule has 0 bridgehead atoms. The van der Waals surface area contributed by atoms with Gasteiger partial charge in [0.15, 0.2) is 0 Å². The van der Waals surface area contributed by atoms with Crippen molar-refractivity contribution in [1.82, 2.24) is 9.55 Å². The van der Waals surface area contributed by atoms with Gasteiger partial charge in [-0.1, -0.05) is 15.9 Å². The number of nitrogens with zero attached hydrogens (tertiary/aromatic N) is 1. The van der Waals surface area contributed by atoms with Gasteiger partial charge in [0.1, 0.15) is 5.82 Å². The first-order chi connectivity index (χ1) is 7.59. The van der Waals surface area contributed by atoms with E-state index in [4.69, 9.17) is 0 Å². The summed E-state index contributed by atoms with van der Waals surface area (Å²) in [5.74, 6) is -0.581. The van der Waals surface area contributed by atoms with E-state index in [0.29, 0.717) is 4.47 Å². The highest BCUT2D eigenvalue weighted by Crippen LogP contribution is 2.16. The van der Waals surface area contributed by atoms with Crippen molar-refractivity contribution in [1.29, 1.82) is 0 Å². The summed E-state index contributed by atoms with van der Waals surface area (Å²) in [5.41, 5.74) is -1.56. The van der Waals surface area contributed by atoms with E-state index >= 15 is 0 Å². The second-order valence-corrected chi connectivity index (χ2v) is 3.98. The largest absolute Gasteiger partial charge is 0.323 e. The van der Waals surface area contributed by atoms with Crippen molar-refractivity contribution < 1.29 is 4.39 Å². The summed E-state index contributed by atoms with van der Waals surface area (Å²) in [6.45, 7) is 0. The molecular weight excluding hydrogens is 279 g/mol. The molecule has 1 aromatic heterocycles. The van der Waals surface area contributed by atoms with Crippen molar-refractivity contribution in [3.05, 3.63) is 61.6 Å². The molecule has 1 aromatic carbocycles. The molecule has 0 aliphatic heterocycles. The summed E-state index contributed by atoms with van der Waals surface area (Å²) in [5, 5.41) is 0. The van der Waals surface area contributed by atoms with Crippen LogP contribution in [0.3, 0.4) is 0 Å². The van der Waals surface area contributed by atoms with Gasteiger partial charge in [-0.3, -0.25) is 14.2 Å². The Bertz CT molecular complexity index is 648. The van der Waals surface area contributed by atoms with E-state index in [1.807, 2.05) is 0 Å². The zero-order valence-corrected chi connectivity index (χ0v) is 9.49. The quantitative estimate of drug-likeness (QED) is 0.806. The molecule has 0 unspecified atom stereocenters. The molecule has 0 atom stereocenters. The first-order valence-corrected chi connectivity index (χ1v) is 5.14. The van der Waals surface area contributed by atoms with E-state index in [-0.39, 0.29) is 5.69 Å². The molecule has 0 saturated heterocycles. The Morgan fingerprint density at radius 1 is 1.31 bits per heavy atom. The fourth-order valence-corrected chi connectivity index (χ4v) is 1.63. The molecule has 0 aliphatic carbocycles. The summed E-state index contributed by atoms with van der Waals surface area (Å²) in [7, 11) is 0. The molecule has 1 heterocycles. The molecule has 0 radical (unpaired) electrons. The number of hydrogen-bond acceptors (Lipinski definition) is 2. The fourth-order valence-electron chi connectivity index (χ4n) is 1.29. The fraction of sp³-hybridized carbons (Fsp3) is 0. The van der Waals surface area contributed by atoms with Gasteiger partial charge in [-0.25, -0.2) is 4.39 Å². The minimum atomic E-state index is -0.816.